The van der Waals surface area contributed by atoms with Crippen LogP contribution in [0.3, 0.4) is 0 Å². The SMILES string of the molecule is CC1CNCc2c1cnn2-c1ccc(F)cc1. The molecule has 1 N–H and O–H groups in total. The molecule has 4 heteroatoms. The summed E-state index contributed by atoms with van der Waals surface area (Å²) in [7, 11) is 0. The Bertz CT molecular complexity index is 530. The van der Waals surface area contributed by atoms with Crippen LogP contribution in [0, 0.1) is 5.82 Å². The molecular weight excluding hydrogens is 217 g/mol. The maximum absolute atomic E-state index is 12.9. The molecule has 1 aliphatic rings. The maximum atomic E-state index is 12.9. The largest absolute Gasteiger partial charge is 0.311 e. The molecule has 2 heterocycles. The lowest BCUT2D eigenvalue weighted by Crippen LogP contribution is -2.27. The van der Waals surface area contributed by atoms with E-state index in [0.717, 1.165) is 18.8 Å². The summed E-state index contributed by atoms with van der Waals surface area (Å²) in [5.41, 5.74) is 3.37. The van der Waals surface area contributed by atoms with E-state index in [2.05, 4.69) is 17.3 Å². The van der Waals surface area contributed by atoms with E-state index in [1.165, 1.54) is 23.4 Å². The average molecular weight is 231 g/mol. The lowest BCUT2D eigenvalue weighted by atomic mass is 9.98. The summed E-state index contributed by atoms with van der Waals surface area (Å²) >= 11 is 0. The van der Waals surface area contributed by atoms with E-state index in [-0.39, 0.29) is 5.82 Å². The van der Waals surface area contributed by atoms with Gasteiger partial charge in [0.15, 0.2) is 0 Å². The normalized spacial score (nSPS) is 19.1. The van der Waals surface area contributed by atoms with Gasteiger partial charge in [0, 0.05) is 13.1 Å². The minimum Gasteiger partial charge on any atom is -0.311 e. The first-order valence-electron chi connectivity index (χ1n) is 5.79. The zero-order chi connectivity index (χ0) is 11.8. The van der Waals surface area contributed by atoms with E-state index in [0.29, 0.717) is 5.92 Å². The van der Waals surface area contributed by atoms with Crippen LogP contribution in [-0.4, -0.2) is 16.3 Å². The fourth-order valence-electron chi connectivity index (χ4n) is 2.30. The predicted molar refractivity (Wildman–Crippen MR) is 63.6 cm³/mol. The molecule has 0 saturated carbocycles. The molecule has 0 bridgehead atoms. The monoisotopic (exact) mass is 231 g/mol. The fraction of sp³-hybridized carbons (Fsp3) is 0.308. The Labute approximate surface area is 99.3 Å². The first-order chi connectivity index (χ1) is 8.25. The number of rotatable bonds is 1. The van der Waals surface area contributed by atoms with Crippen molar-refractivity contribution in [3.8, 4) is 5.69 Å². The van der Waals surface area contributed by atoms with Crippen molar-refractivity contribution in [2.75, 3.05) is 6.54 Å². The Morgan fingerprint density at radius 3 is 2.88 bits per heavy atom. The number of fused-ring (bicyclic) bond motifs is 1. The van der Waals surface area contributed by atoms with E-state index < -0.39 is 0 Å². The molecule has 0 amide bonds. The van der Waals surface area contributed by atoms with Crippen molar-refractivity contribution in [1.82, 2.24) is 15.1 Å². The van der Waals surface area contributed by atoms with Crippen molar-refractivity contribution in [1.29, 1.82) is 0 Å². The first kappa shape index (κ1) is 10.5. The average Bonchev–Trinajstić information content (AvgIpc) is 2.75. The molecule has 0 aliphatic carbocycles. The molecular formula is C13H14FN3. The summed E-state index contributed by atoms with van der Waals surface area (Å²) in [5, 5.41) is 7.77. The Morgan fingerprint density at radius 1 is 1.35 bits per heavy atom. The molecule has 3 rings (SSSR count). The second kappa shape index (κ2) is 3.96. The van der Waals surface area contributed by atoms with Gasteiger partial charge in [-0.15, -0.1) is 0 Å². The standard InChI is InChI=1S/C13H14FN3/c1-9-6-15-8-13-12(9)7-16-17(13)11-4-2-10(14)3-5-11/h2-5,7,9,15H,6,8H2,1H3. The number of benzene rings is 1. The van der Waals surface area contributed by atoms with E-state index in [9.17, 15) is 4.39 Å². The maximum Gasteiger partial charge on any atom is 0.123 e. The third kappa shape index (κ3) is 1.74. The van der Waals surface area contributed by atoms with Gasteiger partial charge in [-0.2, -0.15) is 5.10 Å². The lowest BCUT2D eigenvalue weighted by Gasteiger charge is -2.20. The summed E-state index contributed by atoms with van der Waals surface area (Å²) in [6.07, 6.45) is 1.92. The molecule has 1 aliphatic heterocycles. The minimum absolute atomic E-state index is 0.221. The van der Waals surface area contributed by atoms with Crippen LogP contribution in [0.5, 0.6) is 0 Å². The predicted octanol–water partition coefficient (Wildman–Crippen LogP) is 2.22. The minimum atomic E-state index is -0.221. The van der Waals surface area contributed by atoms with Gasteiger partial charge < -0.3 is 5.32 Å². The Kier molecular flexibility index (Phi) is 2.44. The van der Waals surface area contributed by atoms with Gasteiger partial charge in [-0.3, -0.25) is 0 Å². The molecule has 1 aromatic heterocycles. The highest BCUT2D eigenvalue weighted by Crippen LogP contribution is 2.25. The number of nitrogens with one attached hydrogen (secondary N) is 1. The van der Waals surface area contributed by atoms with Crippen molar-refractivity contribution >= 4 is 0 Å². The van der Waals surface area contributed by atoms with E-state index in [4.69, 9.17) is 0 Å². The highest BCUT2D eigenvalue weighted by Gasteiger charge is 2.20. The van der Waals surface area contributed by atoms with Gasteiger partial charge in [0.2, 0.25) is 0 Å². The highest BCUT2D eigenvalue weighted by molar-refractivity contribution is 5.37. The summed E-state index contributed by atoms with van der Waals surface area (Å²) in [4.78, 5) is 0. The van der Waals surface area contributed by atoms with Gasteiger partial charge in [0.25, 0.3) is 0 Å². The number of halogens is 1. The Hall–Kier alpha value is -1.68. The summed E-state index contributed by atoms with van der Waals surface area (Å²) in [5.74, 6) is 0.259. The van der Waals surface area contributed by atoms with Gasteiger partial charge in [-0.05, 0) is 35.7 Å². The number of aromatic nitrogens is 2. The molecule has 1 unspecified atom stereocenters. The fourth-order valence-corrected chi connectivity index (χ4v) is 2.30. The van der Waals surface area contributed by atoms with Crippen molar-refractivity contribution in [2.45, 2.75) is 19.4 Å². The van der Waals surface area contributed by atoms with Crippen LogP contribution in [0.1, 0.15) is 24.1 Å². The van der Waals surface area contributed by atoms with E-state index >= 15 is 0 Å². The van der Waals surface area contributed by atoms with Crippen LogP contribution in [0.4, 0.5) is 4.39 Å². The van der Waals surface area contributed by atoms with Crippen LogP contribution < -0.4 is 5.32 Å². The Morgan fingerprint density at radius 2 is 2.12 bits per heavy atom. The molecule has 88 valence electrons. The zero-order valence-corrected chi connectivity index (χ0v) is 9.65. The number of hydrogen-bond donors (Lipinski definition) is 1. The quantitative estimate of drug-likeness (QED) is 0.815. The third-order valence-electron chi connectivity index (χ3n) is 3.25. The van der Waals surface area contributed by atoms with Crippen LogP contribution in [0.15, 0.2) is 30.5 Å². The van der Waals surface area contributed by atoms with Crippen molar-refractivity contribution < 1.29 is 4.39 Å². The van der Waals surface area contributed by atoms with Gasteiger partial charge in [-0.25, -0.2) is 9.07 Å². The van der Waals surface area contributed by atoms with Gasteiger partial charge in [-0.1, -0.05) is 6.92 Å². The highest BCUT2D eigenvalue weighted by atomic mass is 19.1. The third-order valence-corrected chi connectivity index (χ3v) is 3.25. The van der Waals surface area contributed by atoms with Crippen molar-refractivity contribution in [3.05, 3.63) is 47.5 Å². The number of nitrogens with zero attached hydrogens (tertiary/aromatic N) is 2. The number of hydrogen-bond acceptors (Lipinski definition) is 2. The molecule has 3 nitrogen and oxygen atoms in total. The molecule has 17 heavy (non-hydrogen) atoms. The van der Waals surface area contributed by atoms with Crippen molar-refractivity contribution in [2.24, 2.45) is 0 Å². The molecule has 2 aromatic rings. The second-order valence-corrected chi connectivity index (χ2v) is 4.47. The molecule has 1 aromatic carbocycles. The van der Waals surface area contributed by atoms with Crippen LogP contribution in [-0.2, 0) is 6.54 Å². The molecule has 0 spiro atoms. The smallest absolute Gasteiger partial charge is 0.123 e. The zero-order valence-electron chi connectivity index (χ0n) is 9.65. The second-order valence-electron chi connectivity index (χ2n) is 4.47. The van der Waals surface area contributed by atoms with Gasteiger partial charge in [0.1, 0.15) is 5.82 Å². The summed E-state index contributed by atoms with van der Waals surface area (Å²) in [6, 6.07) is 6.43. The van der Waals surface area contributed by atoms with Crippen molar-refractivity contribution in [3.63, 3.8) is 0 Å². The van der Waals surface area contributed by atoms with Crippen LogP contribution in [0.25, 0.3) is 5.69 Å². The Balaban J connectivity index is 2.07. The first-order valence-corrected chi connectivity index (χ1v) is 5.79. The lowest BCUT2D eigenvalue weighted by molar-refractivity contribution is 0.554. The topological polar surface area (TPSA) is 29.9 Å². The van der Waals surface area contributed by atoms with Crippen LogP contribution >= 0.6 is 0 Å². The van der Waals surface area contributed by atoms with E-state index in [1.54, 1.807) is 12.1 Å². The summed E-state index contributed by atoms with van der Waals surface area (Å²) in [6.45, 7) is 3.99. The molecule has 0 fully saturated rings. The van der Waals surface area contributed by atoms with E-state index in [1.807, 2.05) is 10.9 Å². The molecule has 1 atom stereocenters. The summed E-state index contributed by atoms with van der Waals surface area (Å²) < 4.78 is 14.8. The van der Waals surface area contributed by atoms with Gasteiger partial charge >= 0.3 is 0 Å². The molecule has 0 radical (unpaired) electrons. The molecule has 0 saturated heterocycles. The van der Waals surface area contributed by atoms with Gasteiger partial charge in [0.05, 0.1) is 17.6 Å². The van der Waals surface area contributed by atoms with Crippen LogP contribution in [0.2, 0.25) is 0 Å².